The van der Waals surface area contributed by atoms with Crippen LogP contribution in [0.5, 0.6) is 17.2 Å². The highest BCUT2D eigenvalue weighted by Gasteiger charge is 2.35. The van der Waals surface area contributed by atoms with E-state index in [0.717, 1.165) is 15.6 Å². The van der Waals surface area contributed by atoms with E-state index in [1.54, 1.807) is 12.1 Å². The summed E-state index contributed by atoms with van der Waals surface area (Å²) in [6.45, 7) is 4.07. The number of amides is 1. The van der Waals surface area contributed by atoms with Crippen LogP contribution >= 0.6 is 0 Å². The van der Waals surface area contributed by atoms with Gasteiger partial charge in [-0.1, -0.05) is 60.8 Å². The summed E-state index contributed by atoms with van der Waals surface area (Å²) in [5.41, 5.74) is 1.78. The Kier molecular flexibility index (Phi) is 12.5. The number of hydrogen-bond donors (Lipinski definition) is 2. The van der Waals surface area contributed by atoms with E-state index in [4.69, 9.17) is 33.3 Å². The highest BCUT2D eigenvalue weighted by Crippen LogP contribution is 2.35. The molecule has 2 aliphatic rings. The number of nitrogens with zero attached hydrogens (tertiary/aromatic N) is 1. The average molecular weight is 687 g/mol. The lowest BCUT2D eigenvalue weighted by Crippen LogP contribution is -2.52. The lowest BCUT2D eigenvalue weighted by molar-refractivity contribution is -0.153. The van der Waals surface area contributed by atoms with Gasteiger partial charge in [0.15, 0.2) is 17.6 Å². The molecule has 2 heterocycles. The zero-order chi connectivity index (χ0) is 33.9. The standard InChI is InChI=1S/C34H42N2O11S/c1-3-26(4-2)47-36(48(39,40)29-14-15-32-33(17-29)45-23-44-32)18-31(37)30(35-34(38)46-28-20-41-22-42-21-28)16-24-10-12-27(13-11-24)43-19-25-8-6-5-7-9-25/h5-15,17,26,28,30-31,37H,3-4,16,18-23H2,1-2H3,(H,35,38). The van der Waals surface area contributed by atoms with Crippen LogP contribution in [0.15, 0.2) is 77.7 Å². The van der Waals surface area contributed by atoms with Crippen LogP contribution in [0.25, 0.3) is 0 Å². The Morgan fingerprint density at radius 3 is 2.35 bits per heavy atom. The molecule has 0 aliphatic carbocycles. The summed E-state index contributed by atoms with van der Waals surface area (Å²) in [6.07, 6.45) is -2.15. The lowest BCUT2D eigenvalue weighted by atomic mass is 10.0. The predicted molar refractivity (Wildman–Crippen MR) is 173 cm³/mol. The third kappa shape index (κ3) is 9.58. The van der Waals surface area contributed by atoms with Crippen LogP contribution in [-0.2, 0) is 42.1 Å². The van der Waals surface area contributed by atoms with E-state index in [2.05, 4.69) is 5.32 Å². The molecular formula is C34H42N2O11S. The quantitative estimate of drug-likeness (QED) is 0.209. The molecular weight excluding hydrogens is 644 g/mol. The molecule has 2 atom stereocenters. The smallest absolute Gasteiger partial charge is 0.407 e. The van der Waals surface area contributed by atoms with E-state index in [-0.39, 0.29) is 43.9 Å². The van der Waals surface area contributed by atoms with Gasteiger partial charge in [0, 0.05) is 6.07 Å². The largest absolute Gasteiger partial charge is 0.489 e. The number of carbonyl (C=O) groups excluding carboxylic acids is 1. The second kappa shape index (κ2) is 17.0. The van der Waals surface area contributed by atoms with Crippen molar-refractivity contribution in [3.63, 3.8) is 0 Å². The number of alkyl carbamates (subject to hydrolysis) is 1. The molecule has 1 amide bonds. The monoisotopic (exact) mass is 686 g/mol. The molecule has 0 aromatic heterocycles. The first kappa shape index (κ1) is 35.4. The molecule has 3 aromatic carbocycles. The van der Waals surface area contributed by atoms with Crippen LogP contribution < -0.4 is 19.5 Å². The highest BCUT2D eigenvalue weighted by atomic mass is 32.2. The molecule has 2 unspecified atom stereocenters. The van der Waals surface area contributed by atoms with Crippen molar-refractivity contribution in [2.24, 2.45) is 0 Å². The van der Waals surface area contributed by atoms with Gasteiger partial charge in [0.25, 0.3) is 10.0 Å². The fraction of sp³-hybridized carbons (Fsp3) is 0.441. The predicted octanol–water partition coefficient (Wildman–Crippen LogP) is 4.18. The molecule has 0 spiro atoms. The van der Waals surface area contributed by atoms with E-state index >= 15 is 0 Å². The minimum atomic E-state index is -4.30. The Morgan fingerprint density at radius 2 is 1.65 bits per heavy atom. The summed E-state index contributed by atoms with van der Waals surface area (Å²) in [5.74, 6) is 1.35. The molecule has 2 aliphatic heterocycles. The summed E-state index contributed by atoms with van der Waals surface area (Å²) in [4.78, 5) is 18.9. The second-order valence-electron chi connectivity index (χ2n) is 11.4. The topological polar surface area (TPSA) is 151 Å². The molecule has 0 bridgehead atoms. The Labute approximate surface area is 280 Å². The van der Waals surface area contributed by atoms with Gasteiger partial charge in [-0.05, 0) is 54.7 Å². The number of sulfonamides is 1. The molecule has 1 fully saturated rings. The number of hydroxylamine groups is 1. The van der Waals surface area contributed by atoms with Crippen LogP contribution in [0.4, 0.5) is 4.79 Å². The van der Waals surface area contributed by atoms with Crippen LogP contribution in [-0.4, -0.2) is 81.8 Å². The Hall–Kier alpha value is -3.92. The van der Waals surface area contributed by atoms with Crippen molar-refractivity contribution < 1.29 is 51.6 Å². The number of carbonyl (C=O) groups is 1. The molecule has 0 radical (unpaired) electrons. The van der Waals surface area contributed by atoms with Crippen molar-refractivity contribution in [3.8, 4) is 17.2 Å². The van der Waals surface area contributed by atoms with Gasteiger partial charge in [-0.2, -0.15) is 0 Å². The van der Waals surface area contributed by atoms with E-state index in [1.807, 2.05) is 56.3 Å². The Bertz CT molecular complexity index is 1560. The molecule has 13 nitrogen and oxygen atoms in total. The summed E-state index contributed by atoms with van der Waals surface area (Å²) in [6, 6.07) is 20.3. The van der Waals surface area contributed by atoms with Crippen molar-refractivity contribution in [2.45, 2.75) is 69.0 Å². The van der Waals surface area contributed by atoms with E-state index in [0.29, 0.717) is 30.9 Å². The zero-order valence-corrected chi connectivity index (χ0v) is 27.8. The number of ether oxygens (including phenoxy) is 6. The first-order chi connectivity index (χ1) is 23.2. The molecule has 48 heavy (non-hydrogen) atoms. The molecule has 260 valence electrons. The van der Waals surface area contributed by atoms with Crippen molar-refractivity contribution in [2.75, 3.05) is 33.3 Å². The maximum absolute atomic E-state index is 13.9. The van der Waals surface area contributed by atoms with Crippen LogP contribution in [0.1, 0.15) is 37.8 Å². The summed E-state index contributed by atoms with van der Waals surface area (Å²) < 4.78 is 61.2. The minimum Gasteiger partial charge on any atom is -0.489 e. The highest BCUT2D eigenvalue weighted by molar-refractivity contribution is 7.89. The van der Waals surface area contributed by atoms with Gasteiger partial charge in [0.2, 0.25) is 6.79 Å². The Morgan fingerprint density at radius 1 is 0.938 bits per heavy atom. The van der Waals surface area contributed by atoms with Gasteiger partial charge >= 0.3 is 6.09 Å². The number of benzene rings is 3. The van der Waals surface area contributed by atoms with Crippen molar-refractivity contribution in [1.82, 2.24) is 9.79 Å². The third-order valence-corrected chi connectivity index (χ3v) is 9.49. The van der Waals surface area contributed by atoms with Gasteiger partial charge in [0.05, 0.1) is 42.9 Å². The van der Waals surface area contributed by atoms with Crippen molar-refractivity contribution in [1.29, 1.82) is 0 Å². The molecule has 5 rings (SSSR count). The minimum absolute atomic E-state index is 0.0196. The van der Waals surface area contributed by atoms with E-state index in [1.165, 1.54) is 18.2 Å². The van der Waals surface area contributed by atoms with Gasteiger partial charge < -0.3 is 38.8 Å². The first-order valence-electron chi connectivity index (χ1n) is 15.9. The van der Waals surface area contributed by atoms with Crippen LogP contribution in [0.2, 0.25) is 0 Å². The SMILES string of the molecule is CCC(CC)ON(CC(O)C(Cc1ccc(OCc2ccccc2)cc1)NC(=O)OC1COCOC1)S(=O)(=O)c1ccc2c(c1)OCO2. The fourth-order valence-electron chi connectivity index (χ4n) is 5.11. The molecule has 14 heteroatoms. The number of aliphatic hydroxyl groups excluding tert-OH is 1. The third-order valence-electron chi connectivity index (χ3n) is 7.87. The number of rotatable bonds is 16. The van der Waals surface area contributed by atoms with Gasteiger partial charge in [-0.25, -0.2) is 13.2 Å². The van der Waals surface area contributed by atoms with Gasteiger partial charge in [-0.15, -0.1) is 0 Å². The van der Waals surface area contributed by atoms with Crippen LogP contribution in [0.3, 0.4) is 0 Å². The molecule has 1 saturated heterocycles. The van der Waals surface area contributed by atoms with Gasteiger partial charge in [0.1, 0.15) is 19.1 Å². The number of nitrogens with one attached hydrogen (secondary N) is 1. The number of aliphatic hydroxyl groups is 1. The van der Waals surface area contributed by atoms with E-state index in [9.17, 15) is 18.3 Å². The molecule has 3 aromatic rings. The summed E-state index contributed by atoms with van der Waals surface area (Å²) in [7, 11) is -4.30. The molecule has 0 saturated carbocycles. The average Bonchev–Trinajstić information content (AvgIpc) is 3.58. The maximum Gasteiger partial charge on any atom is 0.407 e. The van der Waals surface area contributed by atoms with Crippen LogP contribution in [0, 0.1) is 0 Å². The maximum atomic E-state index is 13.9. The second-order valence-corrected chi connectivity index (χ2v) is 13.2. The number of fused-ring (bicyclic) bond motifs is 1. The normalized spacial score (nSPS) is 16.1. The van der Waals surface area contributed by atoms with Gasteiger partial charge in [-0.3, -0.25) is 4.84 Å². The lowest BCUT2D eigenvalue weighted by Gasteiger charge is -2.31. The van der Waals surface area contributed by atoms with Crippen molar-refractivity contribution in [3.05, 3.63) is 83.9 Å². The Balaban J connectivity index is 1.34. The van der Waals surface area contributed by atoms with Crippen molar-refractivity contribution >= 4 is 16.1 Å². The first-order valence-corrected chi connectivity index (χ1v) is 17.3. The van der Waals surface area contributed by atoms with E-state index < -0.39 is 47.0 Å². The summed E-state index contributed by atoms with van der Waals surface area (Å²) >= 11 is 0. The molecule has 2 N–H and O–H groups in total. The fourth-order valence-corrected chi connectivity index (χ4v) is 6.42. The zero-order valence-electron chi connectivity index (χ0n) is 27.0. The number of hydrogen-bond acceptors (Lipinski definition) is 11. The summed E-state index contributed by atoms with van der Waals surface area (Å²) in [5, 5.41) is 14.3.